The number of aliphatic hydroxyl groups excluding tert-OH is 1. The molecular formula is C28H54N4O3. The lowest BCUT2D eigenvalue weighted by atomic mass is 9.95. The number of rotatable bonds is 5. The lowest BCUT2D eigenvalue weighted by molar-refractivity contribution is -0.156. The van der Waals surface area contributed by atoms with Gasteiger partial charge >= 0.3 is 5.97 Å². The van der Waals surface area contributed by atoms with Crippen LogP contribution in [-0.4, -0.2) is 121 Å². The number of nitrogens with zero attached hydrogens (tertiary/aromatic N) is 4. The van der Waals surface area contributed by atoms with E-state index in [0.717, 1.165) is 65.4 Å². The van der Waals surface area contributed by atoms with Crippen molar-refractivity contribution in [1.82, 2.24) is 19.6 Å². The molecule has 1 aliphatic heterocycles. The van der Waals surface area contributed by atoms with Crippen LogP contribution in [0.2, 0.25) is 0 Å². The van der Waals surface area contributed by atoms with E-state index < -0.39 is 5.60 Å². The van der Waals surface area contributed by atoms with Gasteiger partial charge < -0.3 is 19.6 Å². The highest BCUT2D eigenvalue weighted by Crippen LogP contribution is 2.18. The van der Waals surface area contributed by atoms with Crippen LogP contribution < -0.4 is 0 Å². The first-order chi connectivity index (χ1) is 16.1. The summed E-state index contributed by atoms with van der Waals surface area (Å²) >= 11 is 0. The van der Waals surface area contributed by atoms with Gasteiger partial charge in [-0.1, -0.05) is 53.4 Å². The third-order valence-electron chi connectivity index (χ3n) is 5.61. The van der Waals surface area contributed by atoms with E-state index in [0.29, 0.717) is 13.1 Å². The summed E-state index contributed by atoms with van der Waals surface area (Å²) in [6, 6.07) is 0. The van der Waals surface area contributed by atoms with Crippen molar-refractivity contribution < 1.29 is 14.6 Å². The van der Waals surface area contributed by atoms with E-state index in [1.54, 1.807) is 0 Å². The number of aliphatic hydroxyl groups is 1. The summed E-state index contributed by atoms with van der Waals surface area (Å²) in [5, 5.41) is 9.09. The van der Waals surface area contributed by atoms with Crippen molar-refractivity contribution in [3.63, 3.8) is 0 Å². The van der Waals surface area contributed by atoms with Gasteiger partial charge in [-0.25, -0.2) is 0 Å². The Morgan fingerprint density at radius 3 is 1.46 bits per heavy atom. The Labute approximate surface area is 216 Å². The Morgan fingerprint density at radius 1 is 0.686 bits per heavy atom. The lowest BCUT2D eigenvalue weighted by Gasteiger charge is -2.37. The predicted octanol–water partition coefficient (Wildman–Crippen LogP) is 2.64. The number of hydrogen-bond acceptors (Lipinski definition) is 7. The molecule has 1 aliphatic rings. The second-order valence-corrected chi connectivity index (χ2v) is 13.3. The summed E-state index contributed by atoms with van der Waals surface area (Å²) in [6.45, 7) is 29.7. The zero-order valence-electron chi connectivity index (χ0n) is 24.2. The Morgan fingerprint density at radius 2 is 1.09 bits per heavy atom. The van der Waals surface area contributed by atoms with Gasteiger partial charge in [-0.05, 0) is 31.6 Å². The molecule has 0 amide bonds. The fourth-order valence-corrected chi connectivity index (χ4v) is 4.33. The van der Waals surface area contributed by atoms with Gasteiger partial charge in [0.25, 0.3) is 0 Å². The van der Waals surface area contributed by atoms with Gasteiger partial charge in [0.1, 0.15) is 12.2 Å². The van der Waals surface area contributed by atoms with Crippen LogP contribution in [-0.2, 0) is 9.53 Å². The standard InChI is InChI=1S/C28H54N4O3/c1-26(2,3)23-31-17-14-29(12-10-11-21-33)13-15-30(22-25(34)35-28(7,8)9)16-18-32(20-19-31)24-27(4,5)6/h33H,12-24H2,1-9H3. The van der Waals surface area contributed by atoms with E-state index in [2.05, 4.69) is 73.0 Å². The molecule has 7 nitrogen and oxygen atoms in total. The summed E-state index contributed by atoms with van der Waals surface area (Å²) in [6.07, 6.45) is 0. The number of hydrogen-bond donors (Lipinski definition) is 1. The smallest absolute Gasteiger partial charge is 0.320 e. The average Bonchev–Trinajstić information content (AvgIpc) is 2.66. The quantitative estimate of drug-likeness (QED) is 0.466. The fraction of sp³-hybridized carbons (Fsp3) is 0.893. The summed E-state index contributed by atoms with van der Waals surface area (Å²) in [5.74, 6) is 5.70. The van der Waals surface area contributed by atoms with Crippen LogP contribution in [0.15, 0.2) is 0 Å². The van der Waals surface area contributed by atoms with Gasteiger partial charge in [-0.15, -0.1) is 0 Å². The van der Waals surface area contributed by atoms with Crippen LogP contribution in [0.1, 0.15) is 62.3 Å². The van der Waals surface area contributed by atoms with Gasteiger partial charge in [-0.3, -0.25) is 14.6 Å². The molecule has 0 atom stereocenters. The highest BCUT2D eigenvalue weighted by atomic mass is 16.6. The van der Waals surface area contributed by atoms with E-state index in [4.69, 9.17) is 9.84 Å². The molecule has 1 saturated heterocycles. The van der Waals surface area contributed by atoms with E-state index >= 15 is 0 Å². The monoisotopic (exact) mass is 494 g/mol. The fourth-order valence-electron chi connectivity index (χ4n) is 4.33. The summed E-state index contributed by atoms with van der Waals surface area (Å²) in [5.41, 5.74) is -0.0357. The van der Waals surface area contributed by atoms with Crippen LogP contribution in [0.3, 0.4) is 0 Å². The molecular weight excluding hydrogens is 440 g/mol. The van der Waals surface area contributed by atoms with Gasteiger partial charge in [0, 0.05) is 65.4 Å². The predicted molar refractivity (Wildman–Crippen MR) is 145 cm³/mol. The summed E-state index contributed by atoms with van der Waals surface area (Å²) in [4.78, 5) is 22.3. The van der Waals surface area contributed by atoms with Crippen molar-refractivity contribution in [2.75, 3.05) is 85.1 Å². The first-order valence-electron chi connectivity index (χ1n) is 13.2. The molecule has 1 heterocycles. The molecule has 1 N–H and O–H groups in total. The maximum absolute atomic E-state index is 12.6. The Hall–Kier alpha value is -1.17. The zero-order chi connectivity index (χ0) is 26.7. The van der Waals surface area contributed by atoms with E-state index in [1.807, 2.05) is 20.8 Å². The lowest BCUT2D eigenvalue weighted by Crippen LogP contribution is -2.49. The molecule has 0 radical (unpaired) electrons. The number of esters is 1. The van der Waals surface area contributed by atoms with Crippen molar-refractivity contribution in [2.45, 2.75) is 67.9 Å². The molecule has 7 heteroatoms. The Bertz CT molecular complexity index is 680. The Kier molecular flexibility index (Phi) is 13.2. The van der Waals surface area contributed by atoms with Crippen molar-refractivity contribution in [3.8, 4) is 11.8 Å². The second kappa shape index (κ2) is 14.5. The van der Waals surface area contributed by atoms with Gasteiger partial charge in [0.05, 0.1) is 13.1 Å². The maximum atomic E-state index is 12.6. The highest BCUT2D eigenvalue weighted by Gasteiger charge is 2.24. The Balaban J connectivity index is 3.05. The number of ether oxygens (including phenoxy) is 1. The third-order valence-corrected chi connectivity index (χ3v) is 5.61. The molecule has 0 unspecified atom stereocenters. The normalized spacial score (nSPS) is 19.4. The molecule has 0 bridgehead atoms. The molecule has 0 spiro atoms. The van der Waals surface area contributed by atoms with Crippen molar-refractivity contribution in [3.05, 3.63) is 0 Å². The molecule has 204 valence electrons. The first-order valence-corrected chi connectivity index (χ1v) is 13.2. The van der Waals surface area contributed by atoms with Crippen molar-refractivity contribution in [2.24, 2.45) is 10.8 Å². The zero-order valence-corrected chi connectivity index (χ0v) is 24.2. The maximum Gasteiger partial charge on any atom is 0.320 e. The molecule has 1 fully saturated rings. The molecule has 0 saturated carbocycles. The molecule has 0 aliphatic carbocycles. The van der Waals surface area contributed by atoms with Crippen LogP contribution in [0.25, 0.3) is 0 Å². The SMILES string of the molecule is CC(C)(C)CN1CCN(CC#CCO)CCN(CC(=O)OC(C)(C)C)CCN(CC(C)(C)C)CC1. The highest BCUT2D eigenvalue weighted by molar-refractivity contribution is 5.72. The van der Waals surface area contributed by atoms with Gasteiger partial charge in [0.15, 0.2) is 0 Å². The van der Waals surface area contributed by atoms with Crippen LogP contribution >= 0.6 is 0 Å². The molecule has 0 aromatic rings. The van der Waals surface area contributed by atoms with Gasteiger partial charge in [0.2, 0.25) is 0 Å². The summed E-state index contributed by atoms with van der Waals surface area (Å²) in [7, 11) is 0. The van der Waals surface area contributed by atoms with Gasteiger partial charge in [-0.2, -0.15) is 0 Å². The molecule has 0 aromatic carbocycles. The average molecular weight is 495 g/mol. The number of carbonyl (C=O) groups excluding carboxylic acids is 1. The van der Waals surface area contributed by atoms with E-state index in [9.17, 15) is 4.79 Å². The molecule has 1 rings (SSSR count). The minimum absolute atomic E-state index is 0.113. The van der Waals surface area contributed by atoms with Crippen molar-refractivity contribution in [1.29, 1.82) is 0 Å². The minimum Gasteiger partial charge on any atom is -0.459 e. The molecule has 35 heavy (non-hydrogen) atoms. The second-order valence-electron chi connectivity index (χ2n) is 13.3. The first kappa shape index (κ1) is 31.9. The van der Waals surface area contributed by atoms with E-state index in [1.165, 1.54) is 0 Å². The van der Waals surface area contributed by atoms with Crippen LogP contribution in [0.5, 0.6) is 0 Å². The topological polar surface area (TPSA) is 59.5 Å². The van der Waals surface area contributed by atoms with Crippen LogP contribution in [0, 0.1) is 22.7 Å². The largest absolute Gasteiger partial charge is 0.459 e. The van der Waals surface area contributed by atoms with Crippen LogP contribution in [0.4, 0.5) is 0 Å². The van der Waals surface area contributed by atoms with E-state index in [-0.39, 0.29) is 23.4 Å². The minimum atomic E-state index is -0.482. The van der Waals surface area contributed by atoms with Crippen molar-refractivity contribution >= 4 is 5.97 Å². The third kappa shape index (κ3) is 17.0. The molecule has 0 aromatic heterocycles. The summed E-state index contributed by atoms with van der Waals surface area (Å²) < 4.78 is 5.62. The number of carbonyl (C=O) groups is 1.